The molecule has 1 unspecified atom stereocenters. The number of rotatable bonds is 0. The Kier molecular flexibility index (Phi) is 4.34. The summed E-state index contributed by atoms with van der Waals surface area (Å²) in [5.74, 6) is 0.528. The van der Waals surface area contributed by atoms with Crippen LogP contribution < -0.4 is 15.0 Å². The minimum Gasteiger partial charge on any atom is -0.477 e. The molecule has 1 saturated heterocycles. The molecule has 3 aromatic heterocycles. The number of nitrogens with one attached hydrogen (secondary N) is 1. The van der Waals surface area contributed by atoms with E-state index in [-0.39, 0.29) is 17.4 Å². The van der Waals surface area contributed by atoms with Crippen LogP contribution in [0.15, 0.2) is 30.7 Å². The van der Waals surface area contributed by atoms with Gasteiger partial charge in [0, 0.05) is 30.3 Å². The summed E-state index contributed by atoms with van der Waals surface area (Å²) in [5, 5.41) is 7.22. The highest BCUT2D eigenvalue weighted by molar-refractivity contribution is 5.99. The van der Waals surface area contributed by atoms with Gasteiger partial charge in [-0.15, -0.1) is 0 Å². The third-order valence-corrected chi connectivity index (χ3v) is 5.68. The maximum Gasteiger partial charge on any atom is 0.256 e. The molecule has 3 aromatic rings. The molecule has 8 nitrogen and oxygen atoms in total. The van der Waals surface area contributed by atoms with E-state index in [0.29, 0.717) is 36.1 Å². The fraction of sp³-hybridized carbons (Fsp3) is 0.429. The first-order chi connectivity index (χ1) is 14.4. The highest BCUT2D eigenvalue weighted by atomic mass is 19.1. The molecule has 1 N–H and O–H groups in total. The molecule has 0 spiro atoms. The van der Waals surface area contributed by atoms with Gasteiger partial charge >= 0.3 is 0 Å². The van der Waals surface area contributed by atoms with Crippen molar-refractivity contribution in [1.82, 2.24) is 24.9 Å². The fourth-order valence-electron chi connectivity index (χ4n) is 4.07. The van der Waals surface area contributed by atoms with Crippen LogP contribution in [0.1, 0.15) is 48.7 Å². The molecule has 1 fully saturated rings. The van der Waals surface area contributed by atoms with Crippen molar-refractivity contribution < 1.29 is 13.9 Å². The van der Waals surface area contributed by atoms with E-state index < -0.39 is 5.82 Å². The molecular weight excluding hydrogens is 387 g/mol. The number of nitrogens with zero attached hydrogens (tertiary/aromatic N) is 5. The molecule has 1 amide bonds. The van der Waals surface area contributed by atoms with Crippen LogP contribution in [0, 0.1) is 11.2 Å². The van der Waals surface area contributed by atoms with Crippen molar-refractivity contribution in [2.75, 3.05) is 24.6 Å². The van der Waals surface area contributed by atoms with Gasteiger partial charge in [0.25, 0.3) is 5.91 Å². The van der Waals surface area contributed by atoms with E-state index in [4.69, 9.17) is 9.72 Å². The first-order valence-corrected chi connectivity index (χ1v) is 10.1. The number of amides is 1. The maximum absolute atomic E-state index is 14.1. The maximum atomic E-state index is 14.1. The van der Waals surface area contributed by atoms with Gasteiger partial charge in [0.1, 0.15) is 17.2 Å². The Morgan fingerprint density at radius 3 is 3.07 bits per heavy atom. The summed E-state index contributed by atoms with van der Waals surface area (Å²) < 4.78 is 21.8. The van der Waals surface area contributed by atoms with Crippen molar-refractivity contribution in [2.45, 2.75) is 32.7 Å². The average molecular weight is 410 g/mol. The molecule has 156 valence electrons. The minimum atomic E-state index is -0.390. The summed E-state index contributed by atoms with van der Waals surface area (Å²) >= 11 is 0. The number of pyridine rings is 1. The molecule has 1 atom stereocenters. The number of fused-ring (bicyclic) bond motifs is 5. The topological polar surface area (TPSA) is 84.7 Å². The standard InChI is InChI=1S/C21H23FN6O2/c1-21(2)11-24-19(29)15-10-25-28-7-5-17(26-18(15)28)27-6-3-4-16(27)14-8-13(22)9-23-20(14)30-12-21/h5,7-10,16H,3-4,6,11-12H2,1-2H3,(H,24,29). The number of halogens is 1. The van der Waals surface area contributed by atoms with Gasteiger partial charge in [-0.3, -0.25) is 4.79 Å². The second kappa shape index (κ2) is 6.93. The van der Waals surface area contributed by atoms with Crippen LogP contribution in [-0.2, 0) is 0 Å². The first kappa shape index (κ1) is 18.8. The van der Waals surface area contributed by atoms with Crippen molar-refractivity contribution >= 4 is 17.4 Å². The van der Waals surface area contributed by atoms with Crippen LogP contribution in [0.5, 0.6) is 5.88 Å². The Morgan fingerprint density at radius 2 is 2.20 bits per heavy atom. The van der Waals surface area contributed by atoms with Crippen LogP contribution in [-0.4, -0.2) is 45.2 Å². The summed E-state index contributed by atoms with van der Waals surface area (Å²) in [7, 11) is 0. The highest BCUT2D eigenvalue weighted by Crippen LogP contribution is 2.39. The number of carbonyl (C=O) groups excluding carboxylic acids is 1. The normalized spacial score (nSPS) is 21.0. The van der Waals surface area contributed by atoms with Gasteiger partial charge in [-0.1, -0.05) is 13.8 Å². The zero-order valence-corrected chi connectivity index (χ0v) is 16.9. The third-order valence-electron chi connectivity index (χ3n) is 5.68. The molecule has 2 bridgehead atoms. The zero-order valence-electron chi connectivity index (χ0n) is 16.9. The molecule has 2 aliphatic heterocycles. The number of anilines is 1. The third kappa shape index (κ3) is 3.24. The van der Waals surface area contributed by atoms with Gasteiger partial charge in [0.2, 0.25) is 5.88 Å². The number of aromatic nitrogens is 4. The molecule has 0 aliphatic carbocycles. The summed E-state index contributed by atoms with van der Waals surface area (Å²) in [6.45, 7) is 5.49. The molecule has 2 aliphatic rings. The van der Waals surface area contributed by atoms with Crippen molar-refractivity contribution in [1.29, 1.82) is 0 Å². The lowest BCUT2D eigenvalue weighted by molar-refractivity contribution is 0.0918. The van der Waals surface area contributed by atoms with Gasteiger partial charge in [-0.25, -0.2) is 18.9 Å². The van der Waals surface area contributed by atoms with Crippen LogP contribution in [0.4, 0.5) is 10.2 Å². The Labute approximate surface area is 173 Å². The van der Waals surface area contributed by atoms with E-state index in [1.165, 1.54) is 18.5 Å². The monoisotopic (exact) mass is 410 g/mol. The van der Waals surface area contributed by atoms with E-state index in [9.17, 15) is 9.18 Å². The van der Waals surface area contributed by atoms with Gasteiger partial charge in [0.05, 0.1) is 25.0 Å². The summed E-state index contributed by atoms with van der Waals surface area (Å²) in [6.07, 6.45) is 6.28. The Bertz CT molecular complexity index is 1130. The SMILES string of the molecule is CC1(C)CNC(=O)c2cnn3ccc(nc23)N2CCCC2c2cc(F)cnc2OC1. The predicted octanol–water partition coefficient (Wildman–Crippen LogP) is 2.75. The molecule has 5 rings (SSSR count). The molecule has 0 saturated carbocycles. The number of carbonyl (C=O) groups is 1. The van der Waals surface area contributed by atoms with Crippen LogP contribution in [0.25, 0.3) is 5.65 Å². The number of ether oxygens (including phenoxy) is 1. The van der Waals surface area contributed by atoms with Gasteiger partial charge in [-0.2, -0.15) is 5.10 Å². The number of hydrogen-bond acceptors (Lipinski definition) is 6. The van der Waals surface area contributed by atoms with Crippen molar-refractivity contribution in [3.63, 3.8) is 0 Å². The van der Waals surface area contributed by atoms with Crippen LogP contribution in [0.2, 0.25) is 0 Å². The van der Waals surface area contributed by atoms with Gasteiger partial charge < -0.3 is 15.0 Å². The molecule has 0 aromatic carbocycles. The lowest BCUT2D eigenvalue weighted by Gasteiger charge is -2.29. The van der Waals surface area contributed by atoms with Crippen LogP contribution >= 0.6 is 0 Å². The molecule has 9 heteroatoms. The molecule has 0 radical (unpaired) electrons. The summed E-state index contributed by atoms with van der Waals surface area (Å²) in [4.78, 5) is 23.9. The van der Waals surface area contributed by atoms with E-state index >= 15 is 0 Å². The summed E-state index contributed by atoms with van der Waals surface area (Å²) in [5.41, 5.74) is 1.29. The zero-order chi connectivity index (χ0) is 20.9. The first-order valence-electron chi connectivity index (χ1n) is 10.1. The average Bonchev–Trinajstić information content (AvgIpc) is 3.37. The minimum absolute atomic E-state index is 0.107. The van der Waals surface area contributed by atoms with Crippen molar-refractivity contribution in [3.05, 3.63) is 47.7 Å². The van der Waals surface area contributed by atoms with E-state index in [2.05, 4.69) is 20.3 Å². The van der Waals surface area contributed by atoms with Gasteiger partial charge in [-0.05, 0) is 25.0 Å². The van der Waals surface area contributed by atoms with E-state index in [1.54, 1.807) is 10.7 Å². The fourth-order valence-corrected chi connectivity index (χ4v) is 4.07. The van der Waals surface area contributed by atoms with E-state index in [1.807, 2.05) is 19.9 Å². The van der Waals surface area contributed by atoms with Gasteiger partial charge in [0.15, 0.2) is 5.65 Å². The summed E-state index contributed by atoms with van der Waals surface area (Å²) in [6, 6.07) is 3.26. The quantitative estimate of drug-likeness (QED) is 0.614. The second-order valence-electron chi connectivity index (χ2n) is 8.65. The van der Waals surface area contributed by atoms with E-state index in [0.717, 1.165) is 24.9 Å². The Hall–Kier alpha value is -3.23. The largest absolute Gasteiger partial charge is 0.477 e. The lowest BCUT2D eigenvalue weighted by atomic mass is 9.94. The number of hydrogen-bond donors (Lipinski definition) is 1. The highest BCUT2D eigenvalue weighted by Gasteiger charge is 2.32. The van der Waals surface area contributed by atoms with Crippen LogP contribution in [0.3, 0.4) is 0 Å². The molecule has 5 heterocycles. The smallest absolute Gasteiger partial charge is 0.256 e. The predicted molar refractivity (Wildman–Crippen MR) is 108 cm³/mol. The Balaban J connectivity index is 1.67. The molecule has 30 heavy (non-hydrogen) atoms. The van der Waals surface area contributed by atoms with Crippen molar-refractivity contribution in [2.24, 2.45) is 5.41 Å². The van der Waals surface area contributed by atoms with Crippen molar-refractivity contribution in [3.8, 4) is 5.88 Å². The lowest BCUT2D eigenvalue weighted by Crippen LogP contribution is -2.38. The Morgan fingerprint density at radius 1 is 1.33 bits per heavy atom. The second-order valence-corrected chi connectivity index (χ2v) is 8.65. The molecular formula is C21H23FN6O2.